The van der Waals surface area contributed by atoms with Crippen LogP contribution < -0.4 is 25.3 Å². The van der Waals surface area contributed by atoms with Crippen molar-refractivity contribution >= 4 is 32.7 Å². The Morgan fingerprint density at radius 1 is 0.630 bits per heavy atom. The van der Waals surface area contributed by atoms with Gasteiger partial charge in [0.25, 0.3) is 0 Å². The van der Waals surface area contributed by atoms with E-state index in [0.29, 0.717) is 57.5 Å². The van der Waals surface area contributed by atoms with Crippen LogP contribution >= 0.6 is 0 Å². The molecule has 10 unspecified atom stereocenters. The molecule has 6 fully saturated rings. The number of piperidine rings is 2. The van der Waals surface area contributed by atoms with E-state index in [9.17, 15) is 0 Å². The fourth-order valence-corrected chi connectivity index (χ4v) is 15.3. The van der Waals surface area contributed by atoms with Gasteiger partial charge >= 0.3 is 0 Å². The number of methoxy groups -OCH3 is 3. The molecule has 0 amide bonds. The molecular formula is C69H84N6O6. The van der Waals surface area contributed by atoms with Crippen LogP contribution in [0.3, 0.4) is 0 Å². The molecule has 3 aliphatic carbocycles. The number of benzene rings is 4. The van der Waals surface area contributed by atoms with Crippen LogP contribution in [0.5, 0.6) is 17.2 Å². The summed E-state index contributed by atoms with van der Waals surface area (Å²) in [4.78, 5) is 16.2. The summed E-state index contributed by atoms with van der Waals surface area (Å²) in [5.74, 6) is 7.81. The molecule has 0 radical (unpaired) electrons. The number of allylic oxidation sites excluding steroid dienone is 1. The maximum absolute atomic E-state index is 8.81. The molecule has 6 N–H and O–H groups in total. The van der Waals surface area contributed by atoms with Gasteiger partial charge in [0.15, 0.2) is 0 Å². The molecule has 7 aromatic rings. The zero-order chi connectivity index (χ0) is 56.7. The molecule has 10 atom stereocenters. The molecule has 0 bridgehead atoms. The Morgan fingerprint density at radius 3 is 1.64 bits per heavy atom. The average molecular weight is 1090 g/mol. The molecule has 1 spiro atoms. The number of nitrogens with two attached hydrogens (primary N) is 1. The molecule has 12 nitrogen and oxygen atoms in total. The van der Waals surface area contributed by atoms with E-state index >= 15 is 0 Å². The first-order chi connectivity index (χ1) is 39.6. The summed E-state index contributed by atoms with van der Waals surface area (Å²) in [6.07, 6.45) is 25.6. The van der Waals surface area contributed by atoms with E-state index in [1.165, 1.54) is 90.9 Å². The molecule has 426 valence electrons. The van der Waals surface area contributed by atoms with Crippen LogP contribution in [-0.4, -0.2) is 93.3 Å². The normalized spacial score (nSPS) is 26.3. The number of aryl methyl sites for hydroxylation is 1. The SMILES string of the molecule is C=CC1C2CCN3C(Cc4ccnc5ccc(OC)cc45)CC123.C=CC1C2CCNC12CCCc1ccnc2ccc(OC)cc12.C=CC1CCC(Cc2ccnc3ccc(OC)cc23)C1CCN.OCc1cc(CO)cc(CO)c1. The van der Waals surface area contributed by atoms with Crippen molar-refractivity contribution in [1.82, 2.24) is 25.2 Å². The second kappa shape index (κ2) is 25.7. The van der Waals surface area contributed by atoms with Crippen molar-refractivity contribution < 1.29 is 29.5 Å². The summed E-state index contributed by atoms with van der Waals surface area (Å²) in [6, 6.07) is 30.7. The molecular weight excluding hydrogens is 1010 g/mol. The van der Waals surface area contributed by atoms with Crippen molar-refractivity contribution in [3.05, 3.63) is 181 Å². The lowest BCUT2D eigenvalue weighted by Gasteiger charge is -2.49. The minimum Gasteiger partial charge on any atom is -0.497 e. The zero-order valence-electron chi connectivity index (χ0n) is 47.8. The number of hydrogen-bond acceptors (Lipinski definition) is 12. The summed E-state index contributed by atoms with van der Waals surface area (Å²) in [5.41, 5.74) is 16.1. The van der Waals surface area contributed by atoms with Gasteiger partial charge in [0.2, 0.25) is 0 Å². The highest BCUT2D eigenvalue weighted by atomic mass is 16.5. The maximum Gasteiger partial charge on any atom is 0.119 e. The minimum absolute atomic E-state index is 0.0686. The van der Waals surface area contributed by atoms with Gasteiger partial charge < -0.3 is 40.6 Å². The lowest BCUT2D eigenvalue weighted by molar-refractivity contribution is 0.00992. The monoisotopic (exact) mass is 1090 g/mol. The summed E-state index contributed by atoms with van der Waals surface area (Å²) >= 11 is 0. The fraction of sp³-hybridized carbons (Fsp3) is 0.435. The van der Waals surface area contributed by atoms with E-state index in [2.05, 4.69) is 106 Å². The third-order valence-electron chi connectivity index (χ3n) is 19.3. The predicted octanol–water partition coefficient (Wildman–Crippen LogP) is 11.3. The van der Waals surface area contributed by atoms with Gasteiger partial charge in [0, 0.05) is 51.9 Å². The third kappa shape index (κ3) is 11.8. The minimum atomic E-state index is -0.0686. The van der Waals surface area contributed by atoms with Crippen LogP contribution in [0.1, 0.15) is 84.7 Å². The van der Waals surface area contributed by atoms with Gasteiger partial charge in [-0.05, 0) is 238 Å². The largest absolute Gasteiger partial charge is 0.497 e. The van der Waals surface area contributed by atoms with Gasteiger partial charge in [-0.2, -0.15) is 0 Å². The van der Waals surface area contributed by atoms with E-state index < -0.39 is 0 Å². The number of nitrogens with one attached hydrogen (secondary N) is 1. The van der Waals surface area contributed by atoms with Crippen LogP contribution in [0.15, 0.2) is 148 Å². The Balaban J connectivity index is 0.000000124. The number of aliphatic hydroxyl groups excluding tert-OH is 3. The number of hydrogen-bond donors (Lipinski definition) is 5. The van der Waals surface area contributed by atoms with E-state index in [-0.39, 0.29) is 19.8 Å². The first-order valence-corrected chi connectivity index (χ1v) is 29.4. The Labute approximate surface area is 479 Å². The number of fused-ring (bicyclic) bond motifs is 4. The van der Waals surface area contributed by atoms with Crippen LogP contribution in [-0.2, 0) is 39.1 Å². The number of aliphatic hydroxyl groups is 3. The van der Waals surface area contributed by atoms with E-state index in [1.54, 1.807) is 39.5 Å². The Bertz CT molecular complexity index is 3260. The van der Waals surface area contributed by atoms with Gasteiger partial charge in [-0.1, -0.05) is 36.4 Å². The maximum atomic E-state index is 8.81. The van der Waals surface area contributed by atoms with Crippen molar-refractivity contribution in [2.45, 2.75) is 108 Å². The molecule has 3 aliphatic heterocycles. The molecule has 6 aliphatic rings. The van der Waals surface area contributed by atoms with Crippen LogP contribution in [0.25, 0.3) is 32.7 Å². The summed E-state index contributed by atoms with van der Waals surface area (Å²) in [6.45, 7) is 15.1. The molecule has 3 aromatic heterocycles. The van der Waals surface area contributed by atoms with E-state index in [1.807, 2.05) is 48.9 Å². The molecule has 13 rings (SSSR count). The summed E-state index contributed by atoms with van der Waals surface area (Å²) in [7, 11) is 5.14. The predicted molar refractivity (Wildman–Crippen MR) is 325 cm³/mol. The number of pyridine rings is 3. The smallest absolute Gasteiger partial charge is 0.119 e. The van der Waals surface area contributed by atoms with Gasteiger partial charge in [0.1, 0.15) is 17.2 Å². The molecule has 81 heavy (non-hydrogen) atoms. The molecule has 3 saturated heterocycles. The van der Waals surface area contributed by atoms with Crippen molar-refractivity contribution in [3.8, 4) is 17.2 Å². The lowest BCUT2D eigenvalue weighted by atomic mass is 9.82. The highest BCUT2D eigenvalue weighted by Crippen LogP contribution is 2.70. The lowest BCUT2D eigenvalue weighted by Crippen LogP contribution is -2.58. The van der Waals surface area contributed by atoms with Crippen molar-refractivity contribution in [2.75, 3.05) is 41.0 Å². The highest BCUT2D eigenvalue weighted by Gasteiger charge is 2.75. The second-order valence-electron chi connectivity index (χ2n) is 23.3. The van der Waals surface area contributed by atoms with Crippen molar-refractivity contribution in [3.63, 3.8) is 0 Å². The van der Waals surface area contributed by atoms with Crippen LogP contribution in [0, 0.1) is 41.4 Å². The molecule has 3 saturated carbocycles. The quantitative estimate of drug-likeness (QED) is 0.0487. The number of aromatic nitrogens is 3. The summed E-state index contributed by atoms with van der Waals surface area (Å²) in [5, 5.41) is 33.9. The van der Waals surface area contributed by atoms with Gasteiger partial charge in [-0.3, -0.25) is 19.9 Å². The fourth-order valence-electron chi connectivity index (χ4n) is 15.3. The topological polar surface area (TPSA) is 168 Å². The summed E-state index contributed by atoms with van der Waals surface area (Å²) < 4.78 is 16.1. The molecule has 4 aromatic carbocycles. The van der Waals surface area contributed by atoms with E-state index in [0.717, 1.165) is 83.8 Å². The van der Waals surface area contributed by atoms with Crippen LogP contribution in [0.2, 0.25) is 0 Å². The first kappa shape index (κ1) is 57.7. The van der Waals surface area contributed by atoms with Gasteiger partial charge in [-0.15, -0.1) is 19.7 Å². The third-order valence-corrected chi connectivity index (χ3v) is 19.3. The Hall–Kier alpha value is -6.51. The van der Waals surface area contributed by atoms with Gasteiger partial charge in [0.05, 0.1) is 57.7 Å². The van der Waals surface area contributed by atoms with Crippen molar-refractivity contribution in [2.24, 2.45) is 47.2 Å². The zero-order valence-corrected chi connectivity index (χ0v) is 47.8. The number of nitrogens with zero attached hydrogens (tertiary/aromatic N) is 4. The van der Waals surface area contributed by atoms with Crippen molar-refractivity contribution in [1.29, 1.82) is 0 Å². The van der Waals surface area contributed by atoms with E-state index in [4.69, 9.17) is 35.3 Å². The number of rotatable bonds is 19. The first-order valence-electron chi connectivity index (χ1n) is 29.4. The number of ether oxygens (including phenoxy) is 3. The molecule has 6 heterocycles. The molecule has 12 heteroatoms. The second-order valence-corrected chi connectivity index (χ2v) is 23.3. The standard InChI is InChI=1S/C20H22N2O.C20H24N2O.C20H26N2O.C9H12O3/c1-3-17-18-7-9-22-14(12-20(17,18)22)10-13-6-8-21-19-5-4-15(23-2)11-16(13)19;1-3-17-18-9-12-22-20(17,18)10-4-5-14-8-11-21-19-7-6-15(23-2)13-16(14)19;1-3-14-4-5-15(18(14)8-10-21)12-16-9-11-22-20-7-6-17(23-2)13-19(16)20;10-4-7-1-8(5-11)3-9(2-7)6-12/h3-6,8,11,14,17-18H,1,7,9-10,12H2,2H3;3,6-8,11,13,17-18,22H,1,4-5,9-10,12H2,2H3;3,6-7,9,11,13-15,18H,1,4-5,8,10,12,21H2,2H3;1-3,10-12H,4-6H2. The Kier molecular flexibility index (Phi) is 18.3. The average Bonchev–Trinajstić information content (AvgIpc) is 3.77. The highest BCUT2D eigenvalue weighted by molar-refractivity contribution is 5.85. The van der Waals surface area contributed by atoms with Gasteiger partial charge in [-0.25, -0.2) is 0 Å². The van der Waals surface area contributed by atoms with Crippen LogP contribution in [0.4, 0.5) is 0 Å². The Morgan fingerprint density at radius 2 is 1.16 bits per heavy atom.